The highest BCUT2D eigenvalue weighted by atomic mass is 16.5. The largest absolute Gasteiger partial charge is 0.496 e. The molecule has 0 spiro atoms. The zero-order valence-corrected chi connectivity index (χ0v) is 13.3. The van der Waals surface area contributed by atoms with Gasteiger partial charge in [0.1, 0.15) is 23.1 Å². The van der Waals surface area contributed by atoms with E-state index >= 15 is 0 Å². The number of hydrogen-bond acceptors (Lipinski definition) is 6. The minimum Gasteiger partial charge on any atom is -0.496 e. The van der Waals surface area contributed by atoms with Gasteiger partial charge in [-0.2, -0.15) is 0 Å². The minimum absolute atomic E-state index is 0.0335. The molecule has 2 rings (SSSR count). The first kappa shape index (κ1) is 16.6. The van der Waals surface area contributed by atoms with E-state index in [0.29, 0.717) is 11.3 Å². The molecule has 6 heteroatoms. The molecule has 23 heavy (non-hydrogen) atoms. The Balaban J connectivity index is 2.60. The normalized spacial score (nSPS) is 10.2. The first-order valence-corrected chi connectivity index (χ1v) is 7.23. The van der Waals surface area contributed by atoms with Gasteiger partial charge in [-0.3, -0.25) is 0 Å². The number of benzene rings is 1. The van der Waals surface area contributed by atoms with E-state index in [1.54, 1.807) is 38.1 Å². The van der Waals surface area contributed by atoms with Crippen LogP contribution < -0.4 is 4.74 Å². The van der Waals surface area contributed by atoms with Gasteiger partial charge in [0.2, 0.25) is 0 Å². The van der Waals surface area contributed by atoms with Gasteiger partial charge in [-0.25, -0.2) is 9.59 Å². The number of furan rings is 1. The first-order valence-electron chi connectivity index (χ1n) is 7.23. The maximum absolute atomic E-state index is 12.3. The Hall–Kier alpha value is -2.76. The lowest BCUT2D eigenvalue weighted by Crippen LogP contribution is -2.13. The molecule has 122 valence electrons. The number of esters is 2. The molecular weight excluding hydrogens is 300 g/mol. The van der Waals surface area contributed by atoms with Crippen molar-refractivity contribution in [1.82, 2.24) is 0 Å². The molecule has 0 aliphatic heterocycles. The van der Waals surface area contributed by atoms with Crippen molar-refractivity contribution >= 4 is 11.9 Å². The monoisotopic (exact) mass is 318 g/mol. The van der Waals surface area contributed by atoms with Crippen molar-refractivity contribution in [2.24, 2.45) is 0 Å². The summed E-state index contributed by atoms with van der Waals surface area (Å²) in [6.07, 6.45) is 1.20. The SMILES string of the molecule is CCOC(=O)c1coc(-c2ccccc2OC)c1C(=O)OCC. The van der Waals surface area contributed by atoms with Crippen LogP contribution in [0.25, 0.3) is 11.3 Å². The number of rotatable bonds is 6. The summed E-state index contributed by atoms with van der Waals surface area (Å²) in [4.78, 5) is 24.4. The molecule has 0 N–H and O–H groups in total. The number of carbonyl (C=O) groups excluding carboxylic acids is 2. The van der Waals surface area contributed by atoms with E-state index in [4.69, 9.17) is 18.6 Å². The molecule has 0 fully saturated rings. The van der Waals surface area contributed by atoms with E-state index < -0.39 is 11.9 Å². The van der Waals surface area contributed by atoms with Crippen molar-refractivity contribution < 1.29 is 28.2 Å². The molecule has 0 amide bonds. The Morgan fingerprint density at radius 2 is 1.70 bits per heavy atom. The van der Waals surface area contributed by atoms with Crippen molar-refractivity contribution in [3.63, 3.8) is 0 Å². The number of hydrogen-bond donors (Lipinski definition) is 0. The topological polar surface area (TPSA) is 75.0 Å². The molecule has 1 heterocycles. The highest BCUT2D eigenvalue weighted by Crippen LogP contribution is 2.35. The van der Waals surface area contributed by atoms with Crippen LogP contribution in [-0.2, 0) is 9.47 Å². The number of carbonyl (C=O) groups is 2. The van der Waals surface area contributed by atoms with E-state index in [-0.39, 0.29) is 30.1 Å². The van der Waals surface area contributed by atoms with Crippen LogP contribution in [0.1, 0.15) is 34.6 Å². The summed E-state index contributed by atoms with van der Waals surface area (Å²) in [6, 6.07) is 7.03. The van der Waals surface area contributed by atoms with Crippen LogP contribution >= 0.6 is 0 Å². The highest BCUT2D eigenvalue weighted by molar-refractivity contribution is 6.07. The third-order valence-corrected chi connectivity index (χ3v) is 3.12. The molecule has 6 nitrogen and oxygen atoms in total. The van der Waals surface area contributed by atoms with Crippen molar-refractivity contribution in [2.75, 3.05) is 20.3 Å². The Kier molecular flexibility index (Phi) is 5.41. The predicted molar refractivity (Wildman–Crippen MR) is 82.6 cm³/mol. The summed E-state index contributed by atoms with van der Waals surface area (Å²) in [7, 11) is 1.51. The number of ether oxygens (including phenoxy) is 3. The van der Waals surface area contributed by atoms with Crippen LogP contribution in [0.4, 0.5) is 0 Å². The van der Waals surface area contributed by atoms with E-state index in [9.17, 15) is 9.59 Å². The Morgan fingerprint density at radius 1 is 1.04 bits per heavy atom. The second-order valence-corrected chi connectivity index (χ2v) is 4.49. The van der Waals surface area contributed by atoms with Gasteiger partial charge in [-0.1, -0.05) is 12.1 Å². The zero-order chi connectivity index (χ0) is 16.8. The van der Waals surface area contributed by atoms with Crippen LogP contribution in [0.2, 0.25) is 0 Å². The van der Waals surface area contributed by atoms with E-state index in [1.807, 2.05) is 0 Å². The molecule has 0 atom stereocenters. The quantitative estimate of drug-likeness (QED) is 0.761. The standard InChI is InChI=1S/C17H18O6/c1-4-21-16(18)12-10-23-15(14(12)17(19)22-5-2)11-8-6-7-9-13(11)20-3/h6-10H,4-5H2,1-3H3. The fourth-order valence-electron chi connectivity index (χ4n) is 2.15. The Labute approximate surface area is 134 Å². The molecular formula is C17H18O6. The third-order valence-electron chi connectivity index (χ3n) is 3.12. The van der Waals surface area contributed by atoms with Gasteiger partial charge >= 0.3 is 11.9 Å². The Bertz CT molecular complexity index is 701. The highest BCUT2D eigenvalue weighted by Gasteiger charge is 2.29. The van der Waals surface area contributed by atoms with Gasteiger partial charge in [0.15, 0.2) is 5.76 Å². The molecule has 2 aromatic rings. The lowest BCUT2D eigenvalue weighted by molar-refractivity contribution is 0.0481. The average molecular weight is 318 g/mol. The predicted octanol–water partition coefficient (Wildman–Crippen LogP) is 3.31. The van der Waals surface area contributed by atoms with Gasteiger partial charge < -0.3 is 18.6 Å². The second kappa shape index (κ2) is 7.49. The Morgan fingerprint density at radius 3 is 2.35 bits per heavy atom. The molecule has 0 aliphatic carbocycles. The van der Waals surface area contributed by atoms with Gasteiger partial charge in [0, 0.05) is 0 Å². The van der Waals surface area contributed by atoms with E-state index in [1.165, 1.54) is 13.4 Å². The van der Waals surface area contributed by atoms with Gasteiger partial charge in [0.25, 0.3) is 0 Å². The fraction of sp³-hybridized carbons (Fsp3) is 0.294. The number of methoxy groups -OCH3 is 1. The van der Waals surface area contributed by atoms with Gasteiger partial charge in [-0.15, -0.1) is 0 Å². The zero-order valence-electron chi connectivity index (χ0n) is 13.3. The van der Waals surface area contributed by atoms with Gasteiger partial charge in [0.05, 0.1) is 25.9 Å². The fourth-order valence-corrected chi connectivity index (χ4v) is 2.15. The summed E-state index contributed by atoms with van der Waals surface area (Å²) in [5.41, 5.74) is 0.620. The molecule has 1 aromatic heterocycles. The maximum Gasteiger partial charge on any atom is 0.342 e. The summed E-state index contributed by atoms with van der Waals surface area (Å²) in [5, 5.41) is 0. The molecule has 0 saturated carbocycles. The van der Waals surface area contributed by atoms with Crippen molar-refractivity contribution in [1.29, 1.82) is 0 Å². The molecule has 0 unspecified atom stereocenters. The summed E-state index contributed by atoms with van der Waals surface area (Å²) >= 11 is 0. The molecule has 0 bridgehead atoms. The molecule has 1 aromatic carbocycles. The summed E-state index contributed by atoms with van der Waals surface area (Å²) in [6.45, 7) is 3.74. The van der Waals surface area contributed by atoms with Crippen LogP contribution in [0.5, 0.6) is 5.75 Å². The maximum atomic E-state index is 12.3. The molecule has 0 radical (unpaired) electrons. The minimum atomic E-state index is -0.648. The van der Waals surface area contributed by atoms with E-state index in [0.717, 1.165) is 0 Å². The summed E-state index contributed by atoms with van der Waals surface area (Å²) < 4.78 is 20.8. The molecule has 0 saturated heterocycles. The third kappa shape index (κ3) is 3.36. The molecule has 0 aliphatic rings. The smallest absolute Gasteiger partial charge is 0.342 e. The lowest BCUT2D eigenvalue weighted by atomic mass is 10.0. The lowest BCUT2D eigenvalue weighted by Gasteiger charge is -2.08. The number of para-hydroxylation sites is 1. The summed E-state index contributed by atoms with van der Waals surface area (Å²) in [5.74, 6) is -0.558. The average Bonchev–Trinajstić information content (AvgIpc) is 3.00. The van der Waals surface area contributed by atoms with Crippen molar-refractivity contribution in [3.8, 4) is 17.1 Å². The second-order valence-electron chi connectivity index (χ2n) is 4.49. The van der Waals surface area contributed by atoms with Gasteiger partial charge in [-0.05, 0) is 26.0 Å². The van der Waals surface area contributed by atoms with E-state index in [2.05, 4.69) is 0 Å². The van der Waals surface area contributed by atoms with Crippen molar-refractivity contribution in [3.05, 3.63) is 41.7 Å². The van der Waals surface area contributed by atoms with Crippen LogP contribution in [0, 0.1) is 0 Å². The van der Waals surface area contributed by atoms with Crippen LogP contribution in [0.15, 0.2) is 34.9 Å². The first-order chi connectivity index (χ1) is 11.1. The van der Waals surface area contributed by atoms with Crippen molar-refractivity contribution in [2.45, 2.75) is 13.8 Å². The van der Waals surface area contributed by atoms with Crippen LogP contribution in [-0.4, -0.2) is 32.3 Å². The van der Waals surface area contributed by atoms with Crippen LogP contribution in [0.3, 0.4) is 0 Å².